The van der Waals surface area contributed by atoms with Gasteiger partial charge in [-0.25, -0.2) is 9.78 Å². The van der Waals surface area contributed by atoms with Crippen LogP contribution in [0.25, 0.3) is 0 Å². The number of hydrogen-bond acceptors (Lipinski definition) is 4. The summed E-state index contributed by atoms with van der Waals surface area (Å²) in [5.74, 6) is 0.146. The second kappa shape index (κ2) is 2.48. The van der Waals surface area contributed by atoms with E-state index in [-0.39, 0.29) is 5.97 Å². The molecule has 0 aromatic carbocycles. The Bertz CT molecular complexity index is 336. The van der Waals surface area contributed by atoms with Gasteiger partial charge in [-0.05, 0) is 12.1 Å². The number of nitrogens with zero attached hydrogens (tertiary/aromatic N) is 1. The Morgan fingerprint density at radius 3 is 3.17 bits per heavy atom. The molecule has 1 aliphatic rings. The first-order valence-electron chi connectivity index (χ1n) is 3.70. The molecule has 12 heavy (non-hydrogen) atoms. The minimum Gasteiger partial charge on any atom is -0.462 e. The van der Waals surface area contributed by atoms with Gasteiger partial charge in [0.15, 0.2) is 0 Å². The SMILES string of the molecule is Nc1ccc2c(n1)CCOC2=O. The van der Waals surface area contributed by atoms with Crippen LogP contribution in [-0.2, 0) is 11.2 Å². The van der Waals surface area contributed by atoms with Crippen molar-refractivity contribution in [3.63, 3.8) is 0 Å². The summed E-state index contributed by atoms with van der Waals surface area (Å²) in [5.41, 5.74) is 6.74. The number of anilines is 1. The van der Waals surface area contributed by atoms with Crippen molar-refractivity contribution < 1.29 is 9.53 Å². The Kier molecular flexibility index (Phi) is 1.46. The van der Waals surface area contributed by atoms with Crippen molar-refractivity contribution in [2.24, 2.45) is 0 Å². The van der Waals surface area contributed by atoms with Crippen molar-refractivity contribution in [1.82, 2.24) is 4.98 Å². The molecule has 0 saturated heterocycles. The van der Waals surface area contributed by atoms with E-state index >= 15 is 0 Å². The number of pyridine rings is 1. The average molecular weight is 164 g/mol. The molecule has 0 saturated carbocycles. The van der Waals surface area contributed by atoms with Crippen LogP contribution in [0.5, 0.6) is 0 Å². The molecule has 0 bridgehead atoms. The molecule has 0 amide bonds. The van der Waals surface area contributed by atoms with Crippen LogP contribution in [0.4, 0.5) is 5.82 Å². The minimum absolute atomic E-state index is 0.302. The first kappa shape index (κ1) is 7.09. The zero-order valence-electron chi connectivity index (χ0n) is 6.41. The first-order valence-corrected chi connectivity index (χ1v) is 3.70. The van der Waals surface area contributed by atoms with Gasteiger partial charge in [-0.3, -0.25) is 0 Å². The molecule has 1 aromatic rings. The fraction of sp³-hybridized carbons (Fsp3) is 0.250. The first-order chi connectivity index (χ1) is 5.77. The lowest BCUT2D eigenvalue weighted by atomic mass is 10.1. The van der Waals surface area contributed by atoms with Gasteiger partial charge >= 0.3 is 5.97 Å². The molecule has 0 spiro atoms. The third-order valence-corrected chi connectivity index (χ3v) is 1.79. The summed E-state index contributed by atoms with van der Waals surface area (Å²) in [7, 11) is 0. The molecule has 0 aliphatic carbocycles. The summed E-state index contributed by atoms with van der Waals surface area (Å²) in [6, 6.07) is 3.25. The number of ether oxygens (including phenoxy) is 1. The van der Waals surface area contributed by atoms with Gasteiger partial charge in [-0.1, -0.05) is 0 Å². The molecule has 2 heterocycles. The standard InChI is InChI=1S/C8H8N2O2/c9-7-2-1-5-6(10-7)3-4-12-8(5)11/h1-2H,3-4H2,(H2,9,10). The Balaban J connectivity index is 2.53. The monoisotopic (exact) mass is 164 g/mol. The molecule has 1 aliphatic heterocycles. The number of cyclic esters (lactones) is 1. The summed E-state index contributed by atoms with van der Waals surface area (Å²) < 4.78 is 4.82. The summed E-state index contributed by atoms with van der Waals surface area (Å²) in [5, 5.41) is 0. The number of rotatable bonds is 0. The molecular weight excluding hydrogens is 156 g/mol. The second-order valence-electron chi connectivity index (χ2n) is 2.62. The maximum absolute atomic E-state index is 11.1. The predicted octanol–water partition coefficient (Wildman–Crippen LogP) is 0.377. The van der Waals surface area contributed by atoms with Crippen molar-refractivity contribution in [2.75, 3.05) is 12.3 Å². The summed E-state index contributed by atoms with van der Waals surface area (Å²) in [4.78, 5) is 15.1. The largest absolute Gasteiger partial charge is 0.462 e. The van der Waals surface area contributed by atoms with Crippen molar-refractivity contribution in [3.05, 3.63) is 23.4 Å². The van der Waals surface area contributed by atoms with Crippen molar-refractivity contribution >= 4 is 11.8 Å². The van der Waals surface area contributed by atoms with Gasteiger partial charge in [0.25, 0.3) is 0 Å². The van der Waals surface area contributed by atoms with Crippen LogP contribution in [-0.4, -0.2) is 17.6 Å². The zero-order chi connectivity index (χ0) is 8.55. The van der Waals surface area contributed by atoms with E-state index in [1.807, 2.05) is 0 Å². The van der Waals surface area contributed by atoms with E-state index in [9.17, 15) is 4.79 Å². The molecule has 62 valence electrons. The maximum atomic E-state index is 11.1. The highest BCUT2D eigenvalue weighted by molar-refractivity contribution is 5.91. The van der Waals surface area contributed by atoms with Gasteiger partial charge in [0, 0.05) is 6.42 Å². The van der Waals surface area contributed by atoms with Crippen molar-refractivity contribution in [3.8, 4) is 0 Å². The van der Waals surface area contributed by atoms with Gasteiger partial charge in [0.2, 0.25) is 0 Å². The van der Waals surface area contributed by atoms with Gasteiger partial charge in [-0.2, -0.15) is 0 Å². The van der Waals surface area contributed by atoms with Crippen LogP contribution in [0.1, 0.15) is 16.1 Å². The Hall–Kier alpha value is -1.58. The Labute approximate surface area is 69.4 Å². The second-order valence-corrected chi connectivity index (χ2v) is 2.62. The van der Waals surface area contributed by atoms with E-state index in [2.05, 4.69) is 4.98 Å². The van der Waals surface area contributed by atoms with Crippen LogP contribution in [0.15, 0.2) is 12.1 Å². The summed E-state index contributed by atoms with van der Waals surface area (Å²) in [6.07, 6.45) is 0.659. The topological polar surface area (TPSA) is 65.2 Å². The highest BCUT2D eigenvalue weighted by atomic mass is 16.5. The molecule has 4 nitrogen and oxygen atoms in total. The quantitative estimate of drug-likeness (QED) is 0.563. The van der Waals surface area contributed by atoms with E-state index in [0.29, 0.717) is 24.4 Å². The van der Waals surface area contributed by atoms with E-state index in [0.717, 1.165) is 5.69 Å². The highest BCUT2D eigenvalue weighted by Gasteiger charge is 2.19. The molecular formula is C8H8N2O2. The number of hydrogen-bond donors (Lipinski definition) is 1. The van der Waals surface area contributed by atoms with Crippen LogP contribution in [0, 0.1) is 0 Å². The predicted molar refractivity (Wildman–Crippen MR) is 42.6 cm³/mol. The zero-order valence-corrected chi connectivity index (χ0v) is 6.41. The third-order valence-electron chi connectivity index (χ3n) is 1.79. The molecule has 0 unspecified atom stereocenters. The molecule has 0 fully saturated rings. The van der Waals surface area contributed by atoms with Crippen LogP contribution in [0.3, 0.4) is 0 Å². The van der Waals surface area contributed by atoms with Crippen molar-refractivity contribution in [1.29, 1.82) is 0 Å². The number of aromatic nitrogens is 1. The van der Waals surface area contributed by atoms with E-state index in [1.165, 1.54) is 0 Å². The van der Waals surface area contributed by atoms with Crippen LogP contribution in [0.2, 0.25) is 0 Å². The van der Waals surface area contributed by atoms with Crippen molar-refractivity contribution in [2.45, 2.75) is 6.42 Å². The fourth-order valence-corrected chi connectivity index (χ4v) is 1.21. The van der Waals surface area contributed by atoms with E-state index in [4.69, 9.17) is 10.5 Å². The normalized spacial score (nSPS) is 15.2. The number of carbonyl (C=O) groups excluding carboxylic acids is 1. The fourth-order valence-electron chi connectivity index (χ4n) is 1.21. The Morgan fingerprint density at radius 1 is 1.50 bits per heavy atom. The average Bonchev–Trinajstić information content (AvgIpc) is 2.04. The highest BCUT2D eigenvalue weighted by Crippen LogP contribution is 2.15. The lowest BCUT2D eigenvalue weighted by molar-refractivity contribution is 0.0477. The third kappa shape index (κ3) is 1.01. The van der Waals surface area contributed by atoms with Gasteiger partial charge < -0.3 is 10.5 Å². The van der Waals surface area contributed by atoms with E-state index < -0.39 is 0 Å². The lowest BCUT2D eigenvalue weighted by Gasteiger charge is -2.14. The summed E-state index contributed by atoms with van der Waals surface area (Å²) >= 11 is 0. The van der Waals surface area contributed by atoms with Crippen LogP contribution < -0.4 is 5.73 Å². The van der Waals surface area contributed by atoms with Crippen LogP contribution >= 0.6 is 0 Å². The Morgan fingerprint density at radius 2 is 2.33 bits per heavy atom. The summed E-state index contributed by atoms with van der Waals surface area (Å²) in [6.45, 7) is 0.405. The molecule has 2 N–H and O–H groups in total. The number of nitrogen functional groups attached to an aromatic ring is 1. The molecule has 0 radical (unpaired) electrons. The van der Waals surface area contributed by atoms with Gasteiger partial charge in [0.05, 0.1) is 17.9 Å². The molecule has 4 heteroatoms. The van der Waals surface area contributed by atoms with Gasteiger partial charge in [-0.15, -0.1) is 0 Å². The van der Waals surface area contributed by atoms with E-state index in [1.54, 1.807) is 12.1 Å². The molecule has 1 aromatic heterocycles. The number of nitrogens with two attached hydrogens (primary N) is 1. The molecule has 0 atom stereocenters. The smallest absolute Gasteiger partial charge is 0.340 e. The number of fused-ring (bicyclic) bond motifs is 1. The number of carbonyl (C=O) groups is 1. The number of esters is 1. The lowest BCUT2D eigenvalue weighted by Crippen LogP contribution is -2.19. The minimum atomic E-state index is -0.302. The molecule has 2 rings (SSSR count). The maximum Gasteiger partial charge on any atom is 0.340 e. The van der Waals surface area contributed by atoms with Gasteiger partial charge in [0.1, 0.15) is 5.82 Å².